The third-order valence-corrected chi connectivity index (χ3v) is 7.33. The number of rotatable bonds is 22. The van der Waals surface area contributed by atoms with Crippen LogP contribution in [0.5, 0.6) is 0 Å². The summed E-state index contributed by atoms with van der Waals surface area (Å²) in [6.45, 7) is 4.63. The number of hydrogen-bond acceptors (Lipinski definition) is 1. The van der Waals surface area contributed by atoms with Crippen LogP contribution in [0.15, 0.2) is 0 Å². The minimum Gasteiger partial charge on any atom is -0.375 e. The zero-order chi connectivity index (χ0) is 20.6. The Morgan fingerprint density at radius 1 is 0.517 bits per heavy atom. The maximum absolute atomic E-state index is 6.86. The molecule has 0 aromatic rings. The number of ether oxygens (including phenoxy) is 1. The molecule has 172 valence electrons. The average molecular weight is 407 g/mol. The molecule has 0 radical (unpaired) electrons. The van der Waals surface area contributed by atoms with Crippen LogP contribution in [-0.2, 0) is 4.74 Å². The van der Waals surface area contributed by atoms with Crippen LogP contribution in [0.4, 0.5) is 0 Å². The van der Waals surface area contributed by atoms with Crippen LogP contribution in [0.25, 0.3) is 0 Å². The van der Waals surface area contributed by atoms with Gasteiger partial charge in [-0.25, -0.2) is 0 Å². The van der Waals surface area contributed by atoms with E-state index in [0.717, 1.165) is 11.8 Å². The van der Waals surface area contributed by atoms with Crippen LogP contribution < -0.4 is 0 Å². The fraction of sp³-hybridized carbons (Fsp3) is 1.00. The number of unbranched alkanes of at least 4 members (excludes halogenated alkanes) is 10. The lowest BCUT2D eigenvalue weighted by Gasteiger charge is -2.26. The first-order valence-corrected chi connectivity index (χ1v) is 14.0. The summed E-state index contributed by atoms with van der Waals surface area (Å²) >= 11 is 0. The van der Waals surface area contributed by atoms with Gasteiger partial charge in [0.1, 0.15) is 0 Å². The van der Waals surface area contributed by atoms with Gasteiger partial charge in [0.2, 0.25) is 0 Å². The van der Waals surface area contributed by atoms with Crippen molar-refractivity contribution in [2.75, 3.05) is 0 Å². The SMILES string of the molecule is CCCCCCCCC(CCC1CC1)OC(CCCCCCCC)CCC1CC1. The molecule has 0 aromatic heterocycles. The van der Waals surface area contributed by atoms with Crippen molar-refractivity contribution in [2.24, 2.45) is 11.8 Å². The Bertz CT molecular complexity index is 323. The van der Waals surface area contributed by atoms with Crippen molar-refractivity contribution in [1.82, 2.24) is 0 Å². The van der Waals surface area contributed by atoms with Crippen molar-refractivity contribution in [2.45, 2.75) is 167 Å². The normalized spacial score (nSPS) is 18.8. The van der Waals surface area contributed by atoms with E-state index >= 15 is 0 Å². The van der Waals surface area contributed by atoms with E-state index in [4.69, 9.17) is 4.74 Å². The minimum absolute atomic E-state index is 0.561. The molecule has 0 heterocycles. The van der Waals surface area contributed by atoms with Crippen molar-refractivity contribution >= 4 is 0 Å². The molecule has 1 heteroatoms. The van der Waals surface area contributed by atoms with E-state index in [1.807, 2.05) is 0 Å². The molecule has 0 aliphatic heterocycles. The Hall–Kier alpha value is -0.0400. The van der Waals surface area contributed by atoms with Crippen molar-refractivity contribution < 1.29 is 4.74 Å². The van der Waals surface area contributed by atoms with E-state index < -0.39 is 0 Å². The van der Waals surface area contributed by atoms with Crippen molar-refractivity contribution in [3.8, 4) is 0 Å². The van der Waals surface area contributed by atoms with E-state index in [1.54, 1.807) is 0 Å². The Morgan fingerprint density at radius 3 is 1.28 bits per heavy atom. The molecule has 2 aliphatic rings. The van der Waals surface area contributed by atoms with Gasteiger partial charge in [-0.2, -0.15) is 0 Å². The van der Waals surface area contributed by atoms with Crippen LogP contribution in [0.3, 0.4) is 0 Å². The zero-order valence-corrected chi connectivity index (χ0v) is 20.3. The molecule has 1 nitrogen and oxygen atoms in total. The lowest BCUT2D eigenvalue weighted by atomic mass is 10.0. The first-order chi connectivity index (χ1) is 14.3. The van der Waals surface area contributed by atoms with Gasteiger partial charge >= 0.3 is 0 Å². The predicted molar refractivity (Wildman–Crippen MR) is 129 cm³/mol. The summed E-state index contributed by atoms with van der Waals surface area (Å²) in [7, 11) is 0. The number of hydrogen-bond donors (Lipinski definition) is 0. The Labute approximate surface area is 184 Å². The van der Waals surface area contributed by atoms with Crippen LogP contribution in [0, 0.1) is 11.8 Å². The molecule has 29 heavy (non-hydrogen) atoms. The first kappa shape index (κ1) is 25.2. The maximum atomic E-state index is 6.86. The molecule has 2 fully saturated rings. The van der Waals surface area contributed by atoms with E-state index in [0.29, 0.717) is 12.2 Å². The molecule has 2 aliphatic carbocycles. The Balaban J connectivity index is 1.68. The second-order valence-corrected chi connectivity index (χ2v) is 10.5. The van der Waals surface area contributed by atoms with Gasteiger partial charge in [-0.05, 0) is 50.4 Å². The monoisotopic (exact) mass is 406 g/mol. The van der Waals surface area contributed by atoms with Crippen LogP contribution in [0.2, 0.25) is 0 Å². The van der Waals surface area contributed by atoms with Gasteiger partial charge in [0, 0.05) is 0 Å². The van der Waals surface area contributed by atoms with Gasteiger partial charge in [-0.3, -0.25) is 0 Å². The molecule has 0 saturated heterocycles. The second kappa shape index (κ2) is 16.6. The van der Waals surface area contributed by atoms with Crippen molar-refractivity contribution in [3.63, 3.8) is 0 Å². The largest absolute Gasteiger partial charge is 0.375 e. The molecule has 0 spiro atoms. The van der Waals surface area contributed by atoms with Crippen molar-refractivity contribution in [3.05, 3.63) is 0 Å². The van der Waals surface area contributed by atoms with Gasteiger partial charge in [0.05, 0.1) is 12.2 Å². The average Bonchev–Trinajstić information content (AvgIpc) is 3.63. The summed E-state index contributed by atoms with van der Waals surface area (Å²) in [5.74, 6) is 2.10. The van der Waals surface area contributed by atoms with Crippen LogP contribution in [-0.4, -0.2) is 12.2 Å². The smallest absolute Gasteiger partial charge is 0.0579 e. The van der Waals surface area contributed by atoms with E-state index in [-0.39, 0.29) is 0 Å². The summed E-state index contributed by atoms with van der Waals surface area (Å²) in [5.41, 5.74) is 0. The molecule has 2 saturated carbocycles. The summed E-state index contributed by atoms with van der Waals surface area (Å²) in [5, 5.41) is 0. The van der Waals surface area contributed by atoms with Gasteiger partial charge in [0.15, 0.2) is 0 Å². The fourth-order valence-corrected chi connectivity index (χ4v) is 4.79. The van der Waals surface area contributed by atoms with E-state index in [1.165, 1.54) is 141 Å². The topological polar surface area (TPSA) is 9.23 Å². The van der Waals surface area contributed by atoms with E-state index in [9.17, 15) is 0 Å². The Kier molecular flexibility index (Phi) is 14.5. The minimum atomic E-state index is 0.561. The summed E-state index contributed by atoms with van der Waals surface area (Å²) in [6, 6.07) is 0. The summed E-state index contributed by atoms with van der Waals surface area (Å²) in [6.07, 6.45) is 32.2. The highest BCUT2D eigenvalue weighted by molar-refractivity contribution is 4.77. The molecule has 0 N–H and O–H groups in total. The lowest BCUT2D eigenvalue weighted by molar-refractivity contribution is -0.0331. The standard InChI is InChI=1S/C28H54O/c1-3-5-7-9-11-13-15-27(23-21-25-17-18-25)29-28(24-22-26-19-20-26)16-14-12-10-8-6-4-2/h25-28H,3-24H2,1-2H3. The molecular formula is C28H54O. The summed E-state index contributed by atoms with van der Waals surface area (Å²) in [4.78, 5) is 0. The van der Waals surface area contributed by atoms with Gasteiger partial charge in [-0.1, -0.05) is 117 Å². The molecule has 0 amide bonds. The lowest BCUT2D eigenvalue weighted by Crippen LogP contribution is -2.23. The third-order valence-electron chi connectivity index (χ3n) is 7.33. The first-order valence-electron chi connectivity index (χ1n) is 14.0. The quantitative estimate of drug-likeness (QED) is 0.163. The van der Waals surface area contributed by atoms with Gasteiger partial charge in [0.25, 0.3) is 0 Å². The highest BCUT2D eigenvalue weighted by atomic mass is 16.5. The van der Waals surface area contributed by atoms with Gasteiger partial charge < -0.3 is 4.74 Å². The second-order valence-electron chi connectivity index (χ2n) is 10.5. The zero-order valence-electron chi connectivity index (χ0n) is 20.3. The van der Waals surface area contributed by atoms with E-state index in [2.05, 4.69) is 13.8 Å². The third kappa shape index (κ3) is 14.6. The van der Waals surface area contributed by atoms with Crippen molar-refractivity contribution in [1.29, 1.82) is 0 Å². The van der Waals surface area contributed by atoms with Crippen LogP contribution in [0.1, 0.15) is 155 Å². The summed E-state index contributed by atoms with van der Waals surface area (Å²) < 4.78 is 6.86. The molecule has 0 bridgehead atoms. The predicted octanol–water partition coefficient (Wildman–Crippen LogP) is 9.62. The molecule has 0 aromatic carbocycles. The molecule has 2 unspecified atom stereocenters. The molecule has 2 atom stereocenters. The highest BCUT2D eigenvalue weighted by Crippen LogP contribution is 2.37. The highest BCUT2D eigenvalue weighted by Gasteiger charge is 2.26. The molecular weight excluding hydrogens is 352 g/mol. The fourth-order valence-electron chi connectivity index (χ4n) is 4.79. The molecule has 2 rings (SSSR count). The van der Waals surface area contributed by atoms with Gasteiger partial charge in [-0.15, -0.1) is 0 Å². The van der Waals surface area contributed by atoms with Crippen LogP contribution >= 0.6 is 0 Å². The Morgan fingerprint density at radius 2 is 0.897 bits per heavy atom. The maximum Gasteiger partial charge on any atom is 0.0579 e.